The fourth-order valence-corrected chi connectivity index (χ4v) is 1.13. The molecule has 0 amide bonds. The quantitative estimate of drug-likeness (QED) is 0.322. The van der Waals surface area contributed by atoms with Crippen LogP contribution in [0.3, 0.4) is 0 Å². The van der Waals surface area contributed by atoms with Gasteiger partial charge in [-0.2, -0.15) is 0 Å². The van der Waals surface area contributed by atoms with Gasteiger partial charge in [-0.05, 0) is 28.5 Å². The van der Waals surface area contributed by atoms with Crippen LogP contribution >= 0.6 is 0 Å². The van der Waals surface area contributed by atoms with Crippen molar-refractivity contribution in [3.63, 3.8) is 0 Å². The van der Waals surface area contributed by atoms with Crippen molar-refractivity contribution in [3.05, 3.63) is 28.4 Å². The highest BCUT2D eigenvalue weighted by atomic mass is 16.6. The summed E-state index contributed by atoms with van der Waals surface area (Å²) >= 11 is 0. The lowest BCUT2D eigenvalue weighted by Gasteiger charge is -2.05. The van der Waals surface area contributed by atoms with Crippen LogP contribution in [0.5, 0.6) is 5.75 Å². The normalized spacial score (nSPS) is 9.71. The number of esters is 1. The average molecular weight is 240 g/mol. The SMILES string of the molecule is COC(=O)CCCOc1cccnc1[N+](=O)[O-]. The van der Waals surface area contributed by atoms with Gasteiger partial charge >= 0.3 is 11.8 Å². The number of nitro groups is 1. The van der Waals surface area contributed by atoms with E-state index in [0.717, 1.165) is 0 Å². The van der Waals surface area contributed by atoms with Crippen molar-refractivity contribution < 1.29 is 19.2 Å². The molecule has 0 aliphatic heterocycles. The number of carbonyl (C=O) groups is 1. The first-order chi connectivity index (χ1) is 8.15. The summed E-state index contributed by atoms with van der Waals surface area (Å²) in [4.78, 5) is 24.4. The van der Waals surface area contributed by atoms with Crippen molar-refractivity contribution in [2.45, 2.75) is 12.8 Å². The zero-order valence-electron chi connectivity index (χ0n) is 9.29. The maximum atomic E-state index is 10.8. The molecule has 0 unspecified atom stereocenters. The lowest BCUT2D eigenvalue weighted by molar-refractivity contribution is -0.390. The first-order valence-corrected chi connectivity index (χ1v) is 4.94. The second-order valence-corrected chi connectivity index (χ2v) is 3.11. The molecule has 1 aromatic rings. The molecule has 0 bridgehead atoms. The zero-order chi connectivity index (χ0) is 12.7. The number of hydrogen-bond donors (Lipinski definition) is 0. The van der Waals surface area contributed by atoms with Crippen LogP contribution in [0, 0.1) is 10.1 Å². The molecule has 0 aromatic carbocycles. The van der Waals surface area contributed by atoms with Crippen molar-refractivity contribution in [2.24, 2.45) is 0 Å². The minimum absolute atomic E-state index is 0.0994. The van der Waals surface area contributed by atoms with Crippen LogP contribution in [0.25, 0.3) is 0 Å². The zero-order valence-corrected chi connectivity index (χ0v) is 9.29. The number of pyridine rings is 1. The molecule has 0 radical (unpaired) electrons. The summed E-state index contributed by atoms with van der Waals surface area (Å²) < 4.78 is 9.63. The van der Waals surface area contributed by atoms with E-state index in [0.29, 0.717) is 6.42 Å². The molecule has 1 heterocycles. The van der Waals surface area contributed by atoms with Crippen LogP contribution in [-0.4, -0.2) is 29.6 Å². The van der Waals surface area contributed by atoms with Crippen molar-refractivity contribution in [3.8, 4) is 5.75 Å². The van der Waals surface area contributed by atoms with Gasteiger partial charge in [0.1, 0.15) is 6.20 Å². The molecule has 0 N–H and O–H groups in total. The molecule has 7 nitrogen and oxygen atoms in total. The number of ether oxygens (including phenoxy) is 2. The smallest absolute Gasteiger partial charge is 0.406 e. The Hall–Kier alpha value is -2.18. The lowest BCUT2D eigenvalue weighted by Crippen LogP contribution is -2.06. The molecule has 1 rings (SSSR count). The number of carbonyl (C=O) groups excluding carboxylic acids is 1. The summed E-state index contributed by atoms with van der Waals surface area (Å²) in [6.07, 6.45) is 1.96. The minimum atomic E-state index is -0.615. The summed E-state index contributed by atoms with van der Waals surface area (Å²) in [5.74, 6) is -0.567. The Morgan fingerprint density at radius 3 is 3.00 bits per heavy atom. The van der Waals surface area contributed by atoms with Gasteiger partial charge in [0, 0.05) is 6.42 Å². The Balaban J connectivity index is 2.46. The van der Waals surface area contributed by atoms with E-state index in [1.807, 2.05) is 0 Å². The molecule has 0 atom stereocenters. The van der Waals surface area contributed by atoms with Gasteiger partial charge in [-0.1, -0.05) is 0 Å². The maximum absolute atomic E-state index is 10.8. The molecule has 0 saturated carbocycles. The molecular weight excluding hydrogens is 228 g/mol. The van der Waals surface area contributed by atoms with Crippen molar-refractivity contribution in [2.75, 3.05) is 13.7 Å². The van der Waals surface area contributed by atoms with Crippen LogP contribution < -0.4 is 4.74 Å². The standard InChI is InChI=1S/C10H12N2O5/c1-16-9(13)5-3-7-17-8-4-2-6-11-10(8)12(14)15/h2,4,6H,3,5,7H2,1H3. The molecule has 92 valence electrons. The van der Waals surface area contributed by atoms with Gasteiger partial charge in [-0.15, -0.1) is 0 Å². The van der Waals surface area contributed by atoms with Crippen LogP contribution in [0.1, 0.15) is 12.8 Å². The van der Waals surface area contributed by atoms with Gasteiger partial charge in [0.2, 0.25) is 5.75 Å². The highest BCUT2D eigenvalue weighted by molar-refractivity contribution is 5.69. The molecule has 17 heavy (non-hydrogen) atoms. The number of nitrogens with zero attached hydrogens (tertiary/aromatic N) is 2. The van der Waals surface area contributed by atoms with E-state index >= 15 is 0 Å². The van der Waals surface area contributed by atoms with E-state index in [1.165, 1.54) is 19.4 Å². The largest absolute Gasteiger partial charge is 0.486 e. The Bertz CT molecular complexity index is 407. The van der Waals surface area contributed by atoms with E-state index in [-0.39, 0.29) is 30.6 Å². The molecule has 0 aliphatic rings. The van der Waals surface area contributed by atoms with E-state index in [4.69, 9.17) is 4.74 Å². The highest BCUT2D eigenvalue weighted by Crippen LogP contribution is 2.22. The third-order valence-corrected chi connectivity index (χ3v) is 1.93. The first-order valence-electron chi connectivity index (χ1n) is 4.94. The van der Waals surface area contributed by atoms with Crippen molar-refractivity contribution >= 4 is 11.8 Å². The fourth-order valence-electron chi connectivity index (χ4n) is 1.13. The molecule has 7 heteroatoms. The van der Waals surface area contributed by atoms with Crippen molar-refractivity contribution in [1.82, 2.24) is 4.98 Å². The van der Waals surface area contributed by atoms with Gasteiger partial charge in [-0.3, -0.25) is 4.79 Å². The monoisotopic (exact) mass is 240 g/mol. The Morgan fingerprint density at radius 1 is 1.59 bits per heavy atom. The molecule has 0 spiro atoms. The topological polar surface area (TPSA) is 91.6 Å². The Morgan fingerprint density at radius 2 is 2.35 bits per heavy atom. The van der Waals surface area contributed by atoms with Gasteiger partial charge in [0.25, 0.3) is 0 Å². The highest BCUT2D eigenvalue weighted by Gasteiger charge is 2.15. The molecular formula is C10H12N2O5. The van der Waals surface area contributed by atoms with Crippen LogP contribution in [0.15, 0.2) is 18.3 Å². The summed E-state index contributed by atoms with van der Waals surface area (Å²) in [5, 5.41) is 10.6. The van der Waals surface area contributed by atoms with Gasteiger partial charge in [0.15, 0.2) is 0 Å². The molecule has 0 aliphatic carbocycles. The summed E-state index contributed by atoms with van der Waals surface area (Å²) in [5.41, 5.74) is 0. The molecule has 0 saturated heterocycles. The molecule has 1 aromatic heterocycles. The number of rotatable bonds is 6. The first kappa shape index (κ1) is 12.9. The third-order valence-electron chi connectivity index (χ3n) is 1.93. The van der Waals surface area contributed by atoms with E-state index in [1.54, 1.807) is 6.07 Å². The van der Waals surface area contributed by atoms with Gasteiger partial charge < -0.3 is 19.6 Å². The van der Waals surface area contributed by atoms with Gasteiger partial charge in [-0.25, -0.2) is 0 Å². The van der Waals surface area contributed by atoms with Crippen LogP contribution in [-0.2, 0) is 9.53 Å². The van der Waals surface area contributed by atoms with E-state index < -0.39 is 4.92 Å². The summed E-state index contributed by atoms with van der Waals surface area (Å²) in [7, 11) is 1.30. The lowest BCUT2D eigenvalue weighted by atomic mass is 10.3. The van der Waals surface area contributed by atoms with E-state index in [2.05, 4.69) is 9.72 Å². The summed E-state index contributed by atoms with van der Waals surface area (Å²) in [6, 6.07) is 3.01. The Kier molecular flexibility index (Phi) is 4.86. The minimum Gasteiger partial charge on any atom is -0.486 e. The summed E-state index contributed by atoms with van der Waals surface area (Å²) in [6.45, 7) is 0.196. The van der Waals surface area contributed by atoms with Crippen LogP contribution in [0.4, 0.5) is 5.82 Å². The second kappa shape index (κ2) is 6.41. The van der Waals surface area contributed by atoms with E-state index in [9.17, 15) is 14.9 Å². The Labute approximate surface area is 97.5 Å². The fraction of sp³-hybridized carbons (Fsp3) is 0.400. The van der Waals surface area contributed by atoms with Crippen LogP contribution in [0.2, 0.25) is 0 Å². The predicted molar refractivity (Wildman–Crippen MR) is 57.6 cm³/mol. The molecule has 0 fully saturated rings. The van der Waals surface area contributed by atoms with Gasteiger partial charge in [0.05, 0.1) is 13.7 Å². The number of hydrogen-bond acceptors (Lipinski definition) is 6. The third kappa shape index (κ3) is 4.06. The second-order valence-electron chi connectivity index (χ2n) is 3.11. The average Bonchev–Trinajstić information content (AvgIpc) is 2.34. The number of aromatic nitrogens is 1. The predicted octanol–water partition coefficient (Wildman–Crippen LogP) is 1.32. The van der Waals surface area contributed by atoms with Crippen molar-refractivity contribution in [1.29, 1.82) is 0 Å². The number of methoxy groups -OCH3 is 1. The maximum Gasteiger partial charge on any atom is 0.406 e.